The van der Waals surface area contributed by atoms with E-state index in [-0.39, 0.29) is 5.83 Å². The summed E-state index contributed by atoms with van der Waals surface area (Å²) >= 11 is 3.16. The molecule has 1 unspecified atom stereocenters. The summed E-state index contributed by atoms with van der Waals surface area (Å²) in [4.78, 5) is 0. The van der Waals surface area contributed by atoms with Crippen LogP contribution in [0, 0.1) is 0 Å². The van der Waals surface area contributed by atoms with Crippen LogP contribution in [-0.2, 0) is 6.42 Å². The molecule has 0 spiro atoms. The van der Waals surface area contributed by atoms with E-state index in [1.165, 1.54) is 5.56 Å². The topological polar surface area (TPSA) is 20.2 Å². The van der Waals surface area contributed by atoms with Gasteiger partial charge in [0.1, 0.15) is 5.83 Å². The van der Waals surface area contributed by atoms with Crippen LogP contribution < -0.4 is 0 Å². The zero-order valence-corrected chi connectivity index (χ0v) is 13.9. The van der Waals surface area contributed by atoms with Crippen LogP contribution >= 0.6 is 23.5 Å². The predicted octanol–water partition coefficient (Wildman–Crippen LogP) is 4.94. The van der Waals surface area contributed by atoms with Crippen LogP contribution in [-0.4, -0.2) is 22.7 Å². The molecule has 2 rings (SSSR count). The molecular formula is C17H21FOS2. The zero-order valence-electron chi connectivity index (χ0n) is 12.2. The average Bonchev–Trinajstić information content (AvgIpc) is 2.54. The van der Waals surface area contributed by atoms with Gasteiger partial charge in [0.2, 0.25) is 0 Å². The third kappa shape index (κ3) is 5.53. The normalized spacial score (nSPS) is 17.7. The number of benzene rings is 1. The SMILES string of the molecule is C/C(=C\C(O)CCc1ccccc1)C(F)=C1SCCCS1. The Morgan fingerprint density at radius 2 is 1.95 bits per heavy atom. The van der Waals surface area contributed by atoms with Gasteiger partial charge in [0.15, 0.2) is 0 Å². The van der Waals surface area contributed by atoms with Crippen LogP contribution in [0.15, 0.2) is 52.0 Å². The summed E-state index contributed by atoms with van der Waals surface area (Å²) in [6.45, 7) is 1.74. The lowest BCUT2D eigenvalue weighted by molar-refractivity contribution is 0.212. The number of hydrogen-bond acceptors (Lipinski definition) is 3. The van der Waals surface area contributed by atoms with Crippen molar-refractivity contribution in [1.82, 2.24) is 0 Å². The van der Waals surface area contributed by atoms with Gasteiger partial charge in [-0.15, -0.1) is 23.5 Å². The average molecular weight is 324 g/mol. The molecule has 1 aliphatic rings. The highest BCUT2D eigenvalue weighted by Crippen LogP contribution is 2.39. The first-order chi connectivity index (χ1) is 10.2. The van der Waals surface area contributed by atoms with Crippen molar-refractivity contribution in [3.8, 4) is 0 Å². The molecule has 1 N–H and O–H groups in total. The molecule has 1 aromatic rings. The van der Waals surface area contributed by atoms with E-state index >= 15 is 0 Å². The first-order valence-electron chi connectivity index (χ1n) is 7.23. The maximum Gasteiger partial charge on any atom is 0.145 e. The van der Waals surface area contributed by atoms with Gasteiger partial charge < -0.3 is 5.11 Å². The summed E-state index contributed by atoms with van der Waals surface area (Å²) in [5.41, 5.74) is 1.74. The second-order valence-corrected chi connectivity index (χ2v) is 7.56. The van der Waals surface area contributed by atoms with Gasteiger partial charge >= 0.3 is 0 Å². The molecule has 0 amide bonds. The van der Waals surface area contributed by atoms with Gasteiger partial charge in [-0.1, -0.05) is 36.4 Å². The lowest BCUT2D eigenvalue weighted by Gasteiger charge is -2.14. The van der Waals surface area contributed by atoms with Crippen molar-refractivity contribution in [1.29, 1.82) is 0 Å². The van der Waals surface area contributed by atoms with Gasteiger partial charge in [0.05, 0.1) is 10.3 Å². The molecule has 0 saturated carbocycles. The Labute approximate surface area is 134 Å². The van der Waals surface area contributed by atoms with Gasteiger partial charge in [-0.05, 0) is 48.8 Å². The standard InChI is InChI=1S/C17H21FOS2/c1-13(16(18)17-20-10-5-11-21-17)12-15(19)9-8-14-6-3-2-4-7-14/h2-4,6-7,12,15,19H,5,8-11H2,1H3/b13-12+. The molecule has 0 aliphatic carbocycles. The van der Waals surface area contributed by atoms with Gasteiger partial charge in [-0.25, -0.2) is 4.39 Å². The fraction of sp³-hybridized carbons (Fsp3) is 0.412. The third-order valence-corrected chi connectivity index (χ3v) is 5.87. The number of hydrogen-bond donors (Lipinski definition) is 1. The largest absolute Gasteiger partial charge is 0.389 e. The molecule has 0 radical (unpaired) electrons. The quantitative estimate of drug-likeness (QED) is 0.829. The van der Waals surface area contributed by atoms with E-state index in [2.05, 4.69) is 0 Å². The smallest absolute Gasteiger partial charge is 0.145 e. The Kier molecular flexibility index (Phi) is 6.87. The van der Waals surface area contributed by atoms with E-state index in [4.69, 9.17) is 0 Å². The van der Waals surface area contributed by atoms with Crippen LogP contribution in [0.4, 0.5) is 4.39 Å². The minimum atomic E-state index is -0.602. The molecule has 1 aromatic carbocycles. The number of aliphatic hydroxyl groups excluding tert-OH is 1. The fourth-order valence-electron chi connectivity index (χ4n) is 2.12. The molecule has 1 aliphatic heterocycles. The summed E-state index contributed by atoms with van der Waals surface area (Å²) in [5.74, 6) is 1.81. The lowest BCUT2D eigenvalue weighted by atomic mass is 10.1. The Balaban J connectivity index is 1.91. The maximum atomic E-state index is 14.3. The van der Waals surface area contributed by atoms with Crippen molar-refractivity contribution >= 4 is 23.5 Å². The summed E-state index contributed by atoms with van der Waals surface area (Å²) in [6.07, 6.45) is 3.59. The highest BCUT2D eigenvalue weighted by Gasteiger charge is 2.14. The Hall–Kier alpha value is -0.710. The van der Waals surface area contributed by atoms with Crippen molar-refractivity contribution in [3.63, 3.8) is 0 Å². The molecule has 0 bridgehead atoms. The van der Waals surface area contributed by atoms with Crippen molar-refractivity contribution in [2.24, 2.45) is 0 Å². The van der Waals surface area contributed by atoms with Crippen molar-refractivity contribution in [2.75, 3.05) is 11.5 Å². The molecule has 1 nitrogen and oxygen atoms in total. The molecular weight excluding hydrogens is 303 g/mol. The molecule has 0 aromatic heterocycles. The molecule has 114 valence electrons. The fourth-order valence-corrected chi connectivity index (χ4v) is 4.66. The van der Waals surface area contributed by atoms with Gasteiger partial charge in [-0.3, -0.25) is 0 Å². The number of rotatable bonds is 5. The van der Waals surface area contributed by atoms with Crippen LogP contribution in [0.1, 0.15) is 25.3 Å². The number of aliphatic hydroxyl groups is 1. The number of halogens is 1. The van der Waals surface area contributed by atoms with E-state index in [9.17, 15) is 9.50 Å². The summed E-state index contributed by atoms with van der Waals surface area (Å²) in [6, 6.07) is 10.0. The maximum absolute atomic E-state index is 14.3. The number of aryl methyl sites for hydroxylation is 1. The second kappa shape index (κ2) is 8.66. The summed E-state index contributed by atoms with van der Waals surface area (Å²) < 4.78 is 15.0. The number of allylic oxidation sites excluding steroid dienone is 2. The third-order valence-electron chi connectivity index (χ3n) is 3.29. The Morgan fingerprint density at radius 1 is 1.29 bits per heavy atom. The van der Waals surface area contributed by atoms with Crippen LogP contribution in [0.2, 0.25) is 0 Å². The molecule has 1 fully saturated rings. The van der Waals surface area contributed by atoms with Gasteiger partial charge in [0, 0.05) is 0 Å². The summed E-state index contributed by atoms with van der Waals surface area (Å²) in [5, 5.41) is 10.0. The monoisotopic (exact) mass is 324 g/mol. The van der Waals surface area contributed by atoms with E-state index < -0.39 is 6.10 Å². The van der Waals surface area contributed by atoms with Gasteiger partial charge in [0.25, 0.3) is 0 Å². The van der Waals surface area contributed by atoms with E-state index in [0.29, 0.717) is 12.0 Å². The molecule has 4 heteroatoms. The van der Waals surface area contributed by atoms with Crippen molar-refractivity contribution < 1.29 is 9.50 Å². The highest BCUT2D eigenvalue weighted by molar-refractivity contribution is 8.22. The first-order valence-corrected chi connectivity index (χ1v) is 9.20. The lowest BCUT2D eigenvalue weighted by Crippen LogP contribution is -2.05. The van der Waals surface area contributed by atoms with Crippen molar-refractivity contribution in [2.45, 2.75) is 32.3 Å². The number of thioether (sulfide) groups is 2. The van der Waals surface area contributed by atoms with E-state index in [0.717, 1.165) is 28.6 Å². The van der Waals surface area contributed by atoms with Crippen LogP contribution in [0.25, 0.3) is 0 Å². The highest BCUT2D eigenvalue weighted by atomic mass is 32.2. The summed E-state index contributed by atoms with van der Waals surface area (Å²) in [7, 11) is 0. The molecule has 1 saturated heterocycles. The first kappa shape index (κ1) is 16.7. The zero-order chi connectivity index (χ0) is 15.1. The minimum Gasteiger partial charge on any atom is -0.389 e. The van der Waals surface area contributed by atoms with Crippen LogP contribution in [0.5, 0.6) is 0 Å². The van der Waals surface area contributed by atoms with E-state index in [1.807, 2.05) is 30.3 Å². The molecule has 1 atom stereocenters. The van der Waals surface area contributed by atoms with Crippen LogP contribution in [0.3, 0.4) is 0 Å². The molecule has 1 heterocycles. The second-order valence-electron chi connectivity index (χ2n) is 5.09. The molecule has 21 heavy (non-hydrogen) atoms. The Morgan fingerprint density at radius 3 is 2.62 bits per heavy atom. The minimum absolute atomic E-state index is 0.163. The van der Waals surface area contributed by atoms with E-state index in [1.54, 1.807) is 36.5 Å². The van der Waals surface area contributed by atoms with Crippen molar-refractivity contribution in [3.05, 3.63) is 57.6 Å². The Bertz CT molecular complexity index is 503. The van der Waals surface area contributed by atoms with Gasteiger partial charge in [-0.2, -0.15) is 0 Å². The predicted molar refractivity (Wildman–Crippen MR) is 92.2 cm³/mol.